The van der Waals surface area contributed by atoms with Crippen LogP contribution in [0, 0.1) is 0 Å². The van der Waals surface area contributed by atoms with Crippen molar-refractivity contribution in [2.75, 3.05) is 39.6 Å². The summed E-state index contributed by atoms with van der Waals surface area (Å²) in [6.07, 6.45) is 114. The number of aliphatic hydroxyl groups excluding tert-OH is 2. The standard InChI is InChI=1S/C97H164O16P2/c1-4-7-10-13-16-19-22-25-28-31-34-37-40-43-45-48-50-53-56-59-62-65-68-71-74-77-80-83-95(100)107-86-92(98)87-109-114(103,104)110-88-93(99)89-111-115(105,106)112-91-94(113-97(102)85-82-79-76-73-70-67-64-61-58-55-52-47-42-39-36-33-30-27-24-21-18-15-12-9-6-3)90-108-96(101)84-81-78-75-72-69-66-63-60-57-54-51-49-46-44-41-38-35-32-29-26-23-20-17-14-11-8-5-2/h9,12,16-21,25-30,34-39,43-47,52,58,61,92-94,98-99H,4-8,10-11,13-15,22-24,31-33,40-42,48-51,53-57,59-60,62-91H2,1-3H3,(H,103,104)(H,105,106)/b12-9-,19-16-,20-17-,21-18-,28-25-,29-26-,30-27-,37-34-,38-35-,39-36-,45-43-,46-44-,52-47-,61-58-. The molecule has 0 fully saturated rings. The predicted molar refractivity (Wildman–Crippen MR) is 482 cm³/mol. The largest absolute Gasteiger partial charge is 0.472 e. The van der Waals surface area contributed by atoms with E-state index in [2.05, 4.69) is 191 Å². The van der Waals surface area contributed by atoms with Gasteiger partial charge in [-0.15, -0.1) is 0 Å². The molecule has 0 aromatic heterocycles. The van der Waals surface area contributed by atoms with Gasteiger partial charge in [-0.1, -0.05) is 358 Å². The molecule has 0 heterocycles. The molecule has 0 rings (SSSR count). The van der Waals surface area contributed by atoms with E-state index >= 15 is 0 Å². The number of rotatable bonds is 85. The number of carbonyl (C=O) groups is 3. The number of hydrogen-bond donors (Lipinski definition) is 4. The molecule has 5 unspecified atom stereocenters. The fourth-order valence-corrected chi connectivity index (χ4v) is 13.6. The van der Waals surface area contributed by atoms with Crippen LogP contribution < -0.4 is 0 Å². The average Bonchev–Trinajstić information content (AvgIpc) is 0.889. The summed E-state index contributed by atoms with van der Waals surface area (Å²) in [5, 5.41) is 20.7. The van der Waals surface area contributed by atoms with Gasteiger partial charge in [0.25, 0.3) is 0 Å². The molecule has 0 aliphatic carbocycles. The van der Waals surface area contributed by atoms with Crippen molar-refractivity contribution in [3.05, 3.63) is 170 Å². The van der Waals surface area contributed by atoms with Crippen molar-refractivity contribution in [3.63, 3.8) is 0 Å². The Kier molecular flexibility index (Phi) is 84.3. The lowest BCUT2D eigenvalue weighted by molar-refractivity contribution is -0.161. The van der Waals surface area contributed by atoms with Crippen LogP contribution in [-0.4, -0.2) is 95.9 Å². The maximum Gasteiger partial charge on any atom is 0.472 e. The third-order valence-electron chi connectivity index (χ3n) is 18.9. The van der Waals surface area contributed by atoms with Gasteiger partial charge in [-0.25, -0.2) is 9.13 Å². The van der Waals surface area contributed by atoms with Crippen LogP contribution in [0.3, 0.4) is 0 Å². The fourth-order valence-electron chi connectivity index (χ4n) is 12.0. The minimum atomic E-state index is -4.95. The number of unbranched alkanes of at least 4 members (excludes halogenated alkanes) is 34. The van der Waals surface area contributed by atoms with Crippen LogP contribution in [0.25, 0.3) is 0 Å². The Hall–Kier alpha value is -5.09. The number of phosphoric acid groups is 2. The highest BCUT2D eigenvalue weighted by Crippen LogP contribution is 2.45. The van der Waals surface area contributed by atoms with Gasteiger partial charge in [0.05, 0.1) is 26.4 Å². The number of hydrogen-bond acceptors (Lipinski definition) is 14. The molecule has 4 N–H and O–H groups in total. The highest BCUT2D eigenvalue weighted by Gasteiger charge is 2.29. The maximum absolute atomic E-state index is 13.1. The van der Waals surface area contributed by atoms with Gasteiger partial charge in [-0.3, -0.25) is 32.5 Å². The maximum atomic E-state index is 13.1. The van der Waals surface area contributed by atoms with Gasteiger partial charge in [0.2, 0.25) is 0 Å². The molecule has 18 heteroatoms. The van der Waals surface area contributed by atoms with E-state index in [1.54, 1.807) is 0 Å². The molecule has 658 valence electrons. The molecular formula is C97H164O16P2. The molecule has 5 atom stereocenters. The van der Waals surface area contributed by atoms with E-state index in [0.717, 1.165) is 173 Å². The average molecular weight is 1650 g/mol. The van der Waals surface area contributed by atoms with Gasteiger partial charge in [-0.05, 0) is 161 Å². The molecule has 0 spiro atoms. The topological polar surface area (TPSA) is 231 Å². The van der Waals surface area contributed by atoms with Crippen LogP contribution in [0.15, 0.2) is 170 Å². The fraction of sp³-hybridized carbons (Fsp3) is 0.680. The molecular weight excluding hydrogens is 1480 g/mol. The Morgan fingerprint density at radius 2 is 0.461 bits per heavy atom. The summed E-state index contributed by atoms with van der Waals surface area (Å²) in [6, 6.07) is 0. The summed E-state index contributed by atoms with van der Waals surface area (Å²) in [5.74, 6) is -1.60. The summed E-state index contributed by atoms with van der Waals surface area (Å²) < 4.78 is 61.5. The summed E-state index contributed by atoms with van der Waals surface area (Å²) in [4.78, 5) is 59.0. The summed E-state index contributed by atoms with van der Waals surface area (Å²) in [7, 11) is -9.82. The third kappa shape index (κ3) is 89.5. The number of phosphoric ester groups is 2. The van der Waals surface area contributed by atoms with Crippen molar-refractivity contribution in [2.45, 2.75) is 386 Å². The van der Waals surface area contributed by atoms with E-state index in [4.69, 9.17) is 32.3 Å². The highest BCUT2D eigenvalue weighted by atomic mass is 31.2. The second kappa shape index (κ2) is 88.2. The van der Waals surface area contributed by atoms with Crippen LogP contribution in [-0.2, 0) is 55.8 Å². The zero-order valence-electron chi connectivity index (χ0n) is 72.4. The van der Waals surface area contributed by atoms with Crippen LogP contribution in [0.2, 0.25) is 0 Å². The lowest BCUT2D eigenvalue weighted by atomic mass is 10.0. The molecule has 0 bridgehead atoms. The molecule has 0 aliphatic rings. The second-order valence-electron chi connectivity index (χ2n) is 30.0. The van der Waals surface area contributed by atoms with Crippen LogP contribution in [0.1, 0.15) is 367 Å². The van der Waals surface area contributed by atoms with E-state index in [-0.39, 0.29) is 19.3 Å². The molecule has 0 aromatic rings. The van der Waals surface area contributed by atoms with E-state index in [1.165, 1.54) is 135 Å². The van der Waals surface area contributed by atoms with Gasteiger partial charge in [0, 0.05) is 19.3 Å². The van der Waals surface area contributed by atoms with Crippen molar-refractivity contribution < 1.29 is 75.8 Å². The normalized spacial score (nSPS) is 14.6. The minimum Gasteiger partial charge on any atom is -0.463 e. The SMILES string of the molecule is CC/C=C\C/C=C\C/C=C\C/C=C\C/C=C\C/C=C\CCCCCCCCC(=O)OC(COC(=O)CCCCCCCCCCCCC/C=C\C/C=C\C/C=C\C/C=C\CCCCC)COP(=O)(O)OCC(O)COP(=O)(O)OCC(O)COC(=O)CCCCCCCCCCCCC/C=C\C/C=C\C/C=C\C/C=C\CCCCC. The smallest absolute Gasteiger partial charge is 0.463 e. The Morgan fingerprint density at radius 3 is 0.730 bits per heavy atom. The Balaban J connectivity index is 4.70. The van der Waals surface area contributed by atoms with Gasteiger partial charge in [0.15, 0.2) is 6.10 Å². The number of allylic oxidation sites excluding steroid dienone is 28. The molecule has 16 nitrogen and oxygen atoms in total. The zero-order chi connectivity index (χ0) is 83.6. The number of ether oxygens (including phenoxy) is 3. The van der Waals surface area contributed by atoms with Gasteiger partial charge in [0.1, 0.15) is 25.4 Å². The molecule has 115 heavy (non-hydrogen) atoms. The summed E-state index contributed by atoms with van der Waals surface area (Å²) in [6.45, 7) is 2.52. The van der Waals surface area contributed by atoms with E-state index in [1.807, 2.05) is 0 Å². The first-order valence-corrected chi connectivity index (χ1v) is 48.4. The highest BCUT2D eigenvalue weighted by molar-refractivity contribution is 7.47. The Morgan fingerprint density at radius 1 is 0.252 bits per heavy atom. The lowest BCUT2D eigenvalue weighted by Crippen LogP contribution is -2.30. The van der Waals surface area contributed by atoms with Crippen molar-refractivity contribution in [2.24, 2.45) is 0 Å². The predicted octanol–water partition coefficient (Wildman–Crippen LogP) is 27.9. The van der Waals surface area contributed by atoms with Crippen LogP contribution >= 0.6 is 15.6 Å². The number of aliphatic hydroxyl groups is 2. The Bertz CT molecular complexity index is 2770. The number of carbonyl (C=O) groups excluding carboxylic acids is 3. The first-order chi connectivity index (χ1) is 56.2. The summed E-state index contributed by atoms with van der Waals surface area (Å²) in [5.41, 5.74) is 0. The van der Waals surface area contributed by atoms with E-state index in [0.29, 0.717) is 19.3 Å². The molecule has 0 radical (unpaired) electrons. The zero-order valence-corrected chi connectivity index (χ0v) is 74.2. The Labute approximate surface area is 701 Å². The van der Waals surface area contributed by atoms with Gasteiger partial charge >= 0.3 is 33.6 Å². The minimum absolute atomic E-state index is 0.0809. The molecule has 0 saturated heterocycles. The van der Waals surface area contributed by atoms with E-state index in [9.17, 15) is 43.5 Å². The van der Waals surface area contributed by atoms with Crippen LogP contribution in [0.4, 0.5) is 0 Å². The lowest BCUT2D eigenvalue weighted by Gasteiger charge is -2.21. The van der Waals surface area contributed by atoms with Crippen molar-refractivity contribution >= 4 is 33.6 Å². The molecule has 0 saturated carbocycles. The summed E-state index contributed by atoms with van der Waals surface area (Å²) >= 11 is 0. The van der Waals surface area contributed by atoms with Gasteiger partial charge < -0.3 is 34.2 Å². The van der Waals surface area contributed by atoms with Gasteiger partial charge in [-0.2, -0.15) is 0 Å². The first kappa shape index (κ1) is 110. The molecule has 0 aliphatic heterocycles. The van der Waals surface area contributed by atoms with Crippen molar-refractivity contribution in [1.82, 2.24) is 0 Å². The van der Waals surface area contributed by atoms with Crippen molar-refractivity contribution in [3.8, 4) is 0 Å². The quantitative estimate of drug-likeness (QED) is 0.0146. The van der Waals surface area contributed by atoms with Crippen LogP contribution in [0.5, 0.6) is 0 Å². The van der Waals surface area contributed by atoms with E-state index < -0.39 is 91.5 Å². The molecule has 0 amide bonds. The monoisotopic (exact) mass is 1650 g/mol. The first-order valence-electron chi connectivity index (χ1n) is 45.4. The number of esters is 3. The van der Waals surface area contributed by atoms with Crippen molar-refractivity contribution in [1.29, 1.82) is 0 Å². The second-order valence-corrected chi connectivity index (χ2v) is 32.9. The molecule has 0 aromatic carbocycles. The third-order valence-corrected chi connectivity index (χ3v) is 20.8.